The molecule has 2 heterocycles. The zero-order valence-electron chi connectivity index (χ0n) is 10.3. The molecule has 1 aliphatic heterocycles. The van der Waals surface area contributed by atoms with Crippen LogP contribution in [0, 0.1) is 16.0 Å². The van der Waals surface area contributed by atoms with E-state index in [1.807, 2.05) is 0 Å². The number of hydrogen-bond donors (Lipinski definition) is 2. The van der Waals surface area contributed by atoms with Gasteiger partial charge in [-0.2, -0.15) is 0 Å². The Hall–Kier alpha value is -1.51. The Balaban J connectivity index is 2.02. The zero-order valence-corrected chi connectivity index (χ0v) is 11.9. The third kappa shape index (κ3) is 3.33. The number of nitro groups is 1. The summed E-state index contributed by atoms with van der Waals surface area (Å²) >= 11 is 6.46. The number of carbonyl (C=O) groups excluding carboxylic acids is 2. The Kier molecular flexibility index (Phi) is 4.69. The Morgan fingerprint density at radius 3 is 2.65 bits per heavy atom. The van der Waals surface area contributed by atoms with Crippen molar-refractivity contribution in [1.82, 2.24) is 10.6 Å². The van der Waals surface area contributed by atoms with Crippen molar-refractivity contribution in [3.8, 4) is 0 Å². The predicted octanol–water partition coefficient (Wildman–Crippen LogP) is 1.57. The molecule has 9 heteroatoms. The highest BCUT2D eigenvalue weighted by molar-refractivity contribution is 7.18. The van der Waals surface area contributed by atoms with Crippen LogP contribution in [0.25, 0.3) is 0 Å². The van der Waals surface area contributed by atoms with Crippen LogP contribution in [0.5, 0.6) is 0 Å². The predicted molar refractivity (Wildman–Crippen MR) is 74.1 cm³/mol. The minimum absolute atomic E-state index is 0.0592. The van der Waals surface area contributed by atoms with E-state index in [0.717, 1.165) is 30.5 Å². The van der Waals surface area contributed by atoms with Crippen LogP contribution >= 0.6 is 22.9 Å². The van der Waals surface area contributed by atoms with E-state index in [1.54, 1.807) is 0 Å². The van der Waals surface area contributed by atoms with Crippen molar-refractivity contribution in [2.45, 2.75) is 12.8 Å². The summed E-state index contributed by atoms with van der Waals surface area (Å²) in [7, 11) is 0. The molecule has 1 aromatic heterocycles. The molecule has 1 aliphatic rings. The van der Waals surface area contributed by atoms with Gasteiger partial charge in [-0.3, -0.25) is 25.0 Å². The first-order chi connectivity index (χ1) is 9.49. The molecule has 0 bridgehead atoms. The molecule has 0 saturated carbocycles. The average molecular weight is 318 g/mol. The first kappa shape index (κ1) is 14.9. The van der Waals surface area contributed by atoms with Gasteiger partial charge < -0.3 is 5.32 Å². The quantitative estimate of drug-likeness (QED) is 0.500. The molecule has 0 radical (unpaired) electrons. The van der Waals surface area contributed by atoms with E-state index in [0.29, 0.717) is 12.8 Å². The van der Waals surface area contributed by atoms with Crippen LogP contribution in [0.1, 0.15) is 22.5 Å². The van der Waals surface area contributed by atoms with Crippen LogP contribution in [0.2, 0.25) is 4.34 Å². The number of nitrogens with one attached hydrogen (secondary N) is 2. The first-order valence-electron chi connectivity index (χ1n) is 5.98. The monoisotopic (exact) mass is 317 g/mol. The molecule has 1 fully saturated rings. The normalized spacial score (nSPS) is 15.8. The SMILES string of the molecule is O=C(NC(=O)C1CCNCC1)c1cc([N+](=O)[O-])c(Cl)s1. The van der Waals surface area contributed by atoms with Gasteiger partial charge in [-0.1, -0.05) is 11.6 Å². The van der Waals surface area contributed by atoms with Crippen molar-refractivity contribution < 1.29 is 14.5 Å². The zero-order chi connectivity index (χ0) is 14.7. The van der Waals surface area contributed by atoms with E-state index in [4.69, 9.17) is 11.6 Å². The van der Waals surface area contributed by atoms with E-state index in [2.05, 4.69) is 10.6 Å². The van der Waals surface area contributed by atoms with Crippen LogP contribution in [0.3, 0.4) is 0 Å². The lowest BCUT2D eigenvalue weighted by Crippen LogP contribution is -2.40. The van der Waals surface area contributed by atoms with Crippen LogP contribution in [0.15, 0.2) is 6.07 Å². The maximum atomic E-state index is 11.9. The number of imide groups is 1. The molecule has 2 amide bonds. The van der Waals surface area contributed by atoms with Gasteiger partial charge in [-0.25, -0.2) is 0 Å². The highest BCUT2D eigenvalue weighted by Crippen LogP contribution is 2.33. The molecule has 1 aromatic rings. The number of carbonyl (C=O) groups is 2. The van der Waals surface area contributed by atoms with Gasteiger partial charge >= 0.3 is 0 Å². The van der Waals surface area contributed by atoms with Gasteiger partial charge in [-0.05, 0) is 25.9 Å². The Labute approximate surface area is 123 Å². The summed E-state index contributed by atoms with van der Waals surface area (Å²) < 4.78 is -0.0746. The number of piperidine rings is 1. The smallest absolute Gasteiger partial charge is 0.299 e. The third-order valence-electron chi connectivity index (χ3n) is 3.04. The minimum Gasteiger partial charge on any atom is -0.317 e. The van der Waals surface area contributed by atoms with Crippen molar-refractivity contribution >= 4 is 40.4 Å². The van der Waals surface area contributed by atoms with E-state index < -0.39 is 10.8 Å². The topological polar surface area (TPSA) is 101 Å². The van der Waals surface area contributed by atoms with Gasteiger partial charge in [0.15, 0.2) is 4.34 Å². The van der Waals surface area contributed by atoms with Gasteiger partial charge in [0.05, 0.1) is 4.92 Å². The van der Waals surface area contributed by atoms with Crippen LogP contribution in [0.4, 0.5) is 5.69 Å². The van der Waals surface area contributed by atoms with Crippen LogP contribution in [-0.4, -0.2) is 29.8 Å². The van der Waals surface area contributed by atoms with E-state index in [-0.39, 0.29) is 26.7 Å². The second-order valence-electron chi connectivity index (χ2n) is 4.37. The summed E-state index contributed by atoms with van der Waals surface area (Å²) in [6, 6.07) is 1.08. The molecule has 0 atom stereocenters. The van der Waals surface area contributed by atoms with Gasteiger partial charge in [0.1, 0.15) is 4.88 Å². The fourth-order valence-electron chi connectivity index (χ4n) is 1.96. The standard InChI is InChI=1S/C11H12ClN3O4S/c12-9-7(15(18)19)5-8(20-9)11(17)14-10(16)6-1-3-13-4-2-6/h5-6,13H,1-4H2,(H,14,16,17). The Morgan fingerprint density at radius 2 is 2.10 bits per heavy atom. The summed E-state index contributed by atoms with van der Waals surface area (Å²) in [4.78, 5) is 33.8. The molecule has 7 nitrogen and oxygen atoms in total. The first-order valence-corrected chi connectivity index (χ1v) is 7.18. The molecule has 0 aliphatic carbocycles. The summed E-state index contributed by atoms with van der Waals surface area (Å²) in [6.45, 7) is 1.48. The van der Waals surface area contributed by atoms with Gasteiger partial charge in [-0.15, -0.1) is 11.3 Å². The molecular formula is C11H12ClN3O4S. The second kappa shape index (κ2) is 6.29. The summed E-state index contributed by atoms with van der Waals surface area (Å²) in [5.74, 6) is -1.19. The van der Waals surface area contributed by atoms with E-state index in [9.17, 15) is 19.7 Å². The molecular weight excluding hydrogens is 306 g/mol. The summed E-state index contributed by atoms with van der Waals surface area (Å²) in [5, 5.41) is 16.0. The van der Waals surface area contributed by atoms with E-state index >= 15 is 0 Å². The van der Waals surface area contributed by atoms with E-state index in [1.165, 1.54) is 0 Å². The number of amides is 2. The lowest BCUT2D eigenvalue weighted by molar-refractivity contribution is -0.384. The molecule has 2 N–H and O–H groups in total. The fraction of sp³-hybridized carbons (Fsp3) is 0.455. The van der Waals surface area contributed by atoms with Crippen molar-refractivity contribution in [2.75, 3.05) is 13.1 Å². The molecule has 2 rings (SSSR count). The minimum atomic E-state index is -0.662. The van der Waals surface area contributed by atoms with Crippen molar-refractivity contribution in [2.24, 2.45) is 5.92 Å². The Morgan fingerprint density at radius 1 is 1.45 bits per heavy atom. The number of nitrogens with zero attached hydrogens (tertiary/aromatic N) is 1. The van der Waals surface area contributed by atoms with Crippen molar-refractivity contribution in [3.05, 3.63) is 25.4 Å². The van der Waals surface area contributed by atoms with Gasteiger partial charge in [0.2, 0.25) is 5.91 Å². The van der Waals surface area contributed by atoms with Crippen molar-refractivity contribution in [3.63, 3.8) is 0 Å². The summed E-state index contributed by atoms with van der Waals surface area (Å²) in [6.07, 6.45) is 1.34. The number of thiophene rings is 1. The molecule has 20 heavy (non-hydrogen) atoms. The Bertz CT molecular complexity index is 554. The van der Waals surface area contributed by atoms with Crippen LogP contribution in [-0.2, 0) is 4.79 Å². The number of halogens is 1. The molecule has 0 unspecified atom stereocenters. The second-order valence-corrected chi connectivity index (χ2v) is 6.02. The number of rotatable bonds is 3. The third-order valence-corrected chi connectivity index (χ3v) is 4.37. The molecule has 1 saturated heterocycles. The summed E-state index contributed by atoms with van der Waals surface area (Å²) in [5.41, 5.74) is -0.323. The lowest BCUT2D eigenvalue weighted by Gasteiger charge is -2.21. The maximum Gasteiger partial charge on any atom is 0.299 e. The molecule has 0 spiro atoms. The lowest BCUT2D eigenvalue weighted by atomic mass is 9.97. The highest BCUT2D eigenvalue weighted by atomic mass is 35.5. The molecule has 108 valence electrons. The number of hydrogen-bond acceptors (Lipinski definition) is 6. The fourth-order valence-corrected chi connectivity index (χ4v) is 3.07. The van der Waals surface area contributed by atoms with Gasteiger partial charge in [0, 0.05) is 12.0 Å². The largest absolute Gasteiger partial charge is 0.317 e. The highest BCUT2D eigenvalue weighted by Gasteiger charge is 2.26. The molecule has 0 aromatic carbocycles. The van der Waals surface area contributed by atoms with Gasteiger partial charge in [0.25, 0.3) is 11.6 Å². The van der Waals surface area contributed by atoms with Crippen LogP contribution < -0.4 is 10.6 Å². The average Bonchev–Trinajstić information content (AvgIpc) is 2.82. The maximum absolute atomic E-state index is 11.9. The van der Waals surface area contributed by atoms with Crippen molar-refractivity contribution in [1.29, 1.82) is 0 Å².